The average molecular weight is 357 g/mol. The lowest BCUT2D eigenvalue weighted by molar-refractivity contribution is -0.131. The van der Waals surface area contributed by atoms with E-state index in [0.29, 0.717) is 11.8 Å². The van der Waals surface area contributed by atoms with E-state index in [1.54, 1.807) is 17.7 Å². The van der Waals surface area contributed by atoms with Crippen molar-refractivity contribution in [3.63, 3.8) is 0 Å². The summed E-state index contributed by atoms with van der Waals surface area (Å²) in [5.74, 6) is 2.51. The highest BCUT2D eigenvalue weighted by Crippen LogP contribution is 2.38. The van der Waals surface area contributed by atoms with E-state index in [2.05, 4.69) is 9.80 Å². The Labute approximate surface area is 156 Å². The van der Waals surface area contributed by atoms with Crippen LogP contribution in [0, 0.1) is 17.8 Å². The van der Waals surface area contributed by atoms with Gasteiger partial charge in [-0.05, 0) is 68.2 Å². The van der Waals surface area contributed by atoms with Gasteiger partial charge in [0, 0.05) is 45.4 Å². The van der Waals surface area contributed by atoms with E-state index in [4.69, 9.17) is 0 Å². The summed E-state index contributed by atoms with van der Waals surface area (Å²) in [4.78, 5) is 29.0. The summed E-state index contributed by atoms with van der Waals surface area (Å²) >= 11 is 0. The molecular weight excluding hydrogens is 326 g/mol. The van der Waals surface area contributed by atoms with Gasteiger partial charge in [0.1, 0.15) is 0 Å². The van der Waals surface area contributed by atoms with E-state index in [9.17, 15) is 9.59 Å². The predicted octanol–water partition coefficient (Wildman–Crippen LogP) is 2.25. The number of likely N-dealkylation sites (tertiary alicyclic amines) is 2. The van der Waals surface area contributed by atoms with Crippen molar-refractivity contribution in [2.75, 3.05) is 26.2 Å². The molecule has 1 aliphatic carbocycles. The molecule has 1 aromatic heterocycles. The molecule has 3 fully saturated rings. The van der Waals surface area contributed by atoms with Crippen LogP contribution in [0.25, 0.3) is 0 Å². The number of aromatic nitrogens is 1. The largest absolute Gasteiger partial charge is 0.342 e. The third-order valence-electron chi connectivity index (χ3n) is 6.82. The molecule has 142 valence electrons. The van der Waals surface area contributed by atoms with E-state index >= 15 is 0 Å². The van der Waals surface area contributed by atoms with Crippen LogP contribution < -0.4 is 5.56 Å². The maximum absolute atomic E-state index is 12.7. The molecule has 0 radical (unpaired) electrons. The van der Waals surface area contributed by atoms with E-state index in [1.165, 1.54) is 19.3 Å². The van der Waals surface area contributed by atoms with Crippen LogP contribution >= 0.6 is 0 Å². The third kappa shape index (κ3) is 3.88. The fourth-order valence-electron chi connectivity index (χ4n) is 5.11. The van der Waals surface area contributed by atoms with Gasteiger partial charge in [-0.1, -0.05) is 6.42 Å². The van der Waals surface area contributed by atoms with Crippen LogP contribution in [-0.4, -0.2) is 46.5 Å². The minimum Gasteiger partial charge on any atom is -0.342 e. The Hall–Kier alpha value is -1.62. The van der Waals surface area contributed by atoms with Gasteiger partial charge in [-0.15, -0.1) is 0 Å². The van der Waals surface area contributed by atoms with E-state index in [-0.39, 0.29) is 5.56 Å². The Morgan fingerprint density at radius 2 is 1.81 bits per heavy atom. The summed E-state index contributed by atoms with van der Waals surface area (Å²) in [5, 5.41) is 0. The first kappa shape index (κ1) is 17.8. The van der Waals surface area contributed by atoms with Gasteiger partial charge >= 0.3 is 0 Å². The molecule has 1 amide bonds. The van der Waals surface area contributed by atoms with Gasteiger partial charge in [0.2, 0.25) is 5.91 Å². The Morgan fingerprint density at radius 3 is 2.46 bits per heavy atom. The Bertz CT molecular complexity index is 693. The van der Waals surface area contributed by atoms with Gasteiger partial charge in [0.25, 0.3) is 5.56 Å². The van der Waals surface area contributed by atoms with Gasteiger partial charge in [0.15, 0.2) is 0 Å². The van der Waals surface area contributed by atoms with Crippen LogP contribution in [0.15, 0.2) is 23.1 Å². The smallest absolute Gasteiger partial charge is 0.250 e. The second-order valence-electron chi connectivity index (χ2n) is 8.66. The summed E-state index contributed by atoms with van der Waals surface area (Å²) in [6.07, 6.45) is 8.79. The zero-order chi connectivity index (χ0) is 18.1. The topological polar surface area (TPSA) is 45.6 Å². The van der Waals surface area contributed by atoms with Gasteiger partial charge in [-0.2, -0.15) is 0 Å². The van der Waals surface area contributed by atoms with Crippen LogP contribution in [0.3, 0.4) is 0 Å². The molecule has 26 heavy (non-hydrogen) atoms. The lowest BCUT2D eigenvalue weighted by atomic mass is 9.92. The first-order valence-electron chi connectivity index (χ1n) is 10.2. The average Bonchev–Trinajstić information content (AvgIpc) is 3.22. The highest BCUT2D eigenvalue weighted by molar-refractivity contribution is 5.76. The molecule has 1 aromatic rings. The van der Waals surface area contributed by atoms with Crippen LogP contribution in [0.1, 0.15) is 44.1 Å². The summed E-state index contributed by atoms with van der Waals surface area (Å²) in [5.41, 5.74) is 1.14. The molecular formula is C21H31N3O2. The molecule has 0 aromatic carbocycles. The molecule has 3 heterocycles. The summed E-state index contributed by atoms with van der Waals surface area (Å²) in [6.45, 7) is 4.93. The van der Waals surface area contributed by atoms with Crippen LogP contribution in [0.4, 0.5) is 0 Å². The number of amides is 1. The molecule has 0 bridgehead atoms. The Balaban J connectivity index is 1.23. The van der Waals surface area contributed by atoms with Crippen molar-refractivity contribution in [3.8, 4) is 0 Å². The SMILES string of the molecule is Cn1ccc(CN2CCC(CC(=O)N3CC4CCCC4C3)CC2)cc1=O. The quantitative estimate of drug-likeness (QED) is 0.830. The van der Waals surface area contributed by atoms with Crippen molar-refractivity contribution in [1.82, 2.24) is 14.4 Å². The van der Waals surface area contributed by atoms with Gasteiger partial charge < -0.3 is 9.47 Å². The molecule has 2 saturated heterocycles. The van der Waals surface area contributed by atoms with Crippen LogP contribution in [0.5, 0.6) is 0 Å². The Kier molecular flexibility index (Phi) is 5.16. The fourth-order valence-corrected chi connectivity index (χ4v) is 5.11. The molecule has 4 rings (SSSR count). The summed E-state index contributed by atoms with van der Waals surface area (Å²) < 4.78 is 1.61. The number of fused-ring (bicyclic) bond motifs is 1. The van der Waals surface area contributed by atoms with Crippen LogP contribution in [0.2, 0.25) is 0 Å². The Morgan fingerprint density at radius 1 is 1.12 bits per heavy atom. The van der Waals surface area contributed by atoms with Crippen LogP contribution in [-0.2, 0) is 18.4 Å². The fraction of sp³-hybridized carbons (Fsp3) is 0.714. The first-order valence-corrected chi connectivity index (χ1v) is 10.2. The van der Waals surface area contributed by atoms with E-state index in [0.717, 1.165) is 69.4 Å². The molecule has 2 unspecified atom stereocenters. The minimum absolute atomic E-state index is 0.0540. The second-order valence-corrected chi connectivity index (χ2v) is 8.66. The highest BCUT2D eigenvalue weighted by Gasteiger charge is 2.38. The number of carbonyl (C=O) groups is 1. The van der Waals surface area contributed by atoms with Crippen molar-refractivity contribution in [2.45, 2.75) is 45.1 Å². The number of hydrogen-bond donors (Lipinski definition) is 0. The molecule has 0 N–H and O–H groups in total. The van der Waals surface area contributed by atoms with E-state index in [1.807, 2.05) is 12.3 Å². The van der Waals surface area contributed by atoms with Crippen molar-refractivity contribution < 1.29 is 4.79 Å². The second kappa shape index (κ2) is 7.55. The van der Waals surface area contributed by atoms with Crippen molar-refractivity contribution in [1.29, 1.82) is 0 Å². The lowest BCUT2D eigenvalue weighted by Crippen LogP contribution is -2.37. The molecule has 5 heteroatoms. The minimum atomic E-state index is 0.0540. The zero-order valence-electron chi connectivity index (χ0n) is 15.9. The molecule has 5 nitrogen and oxygen atoms in total. The molecule has 2 aliphatic heterocycles. The number of rotatable bonds is 4. The number of pyridine rings is 1. The standard InChI is InChI=1S/C21H31N3O2/c1-22-8-5-17(12-20(22)25)13-23-9-6-16(7-10-23)11-21(26)24-14-18-3-2-4-19(18)15-24/h5,8,12,16,18-19H,2-4,6-7,9-11,13-15H2,1H3. The van der Waals surface area contributed by atoms with Gasteiger partial charge in [0.05, 0.1) is 0 Å². The molecule has 1 saturated carbocycles. The molecule has 0 spiro atoms. The lowest BCUT2D eigenvalue weighted by Gasteiger charge is -2.32. The number of nitrogens with zero attached hydrogens (tertiary/aromatic N) is 3. The maximum Gasteiger partial charge on any atom is 0.250 e. The number of piperidine rings is 1. The van der Waals surface area contributed by atoms with Crippen molar-refractivity contribution in [2.24, 2.45) is 24.8 Å². The summed E-state index contributed by atoms with van der Waals surface area (Å²) in [6, 6.07) is 3.76. The normalized spacial score (nSPS) is 27.0. The highest BCUT2D eigenvalue weighted by atomic mass is 16.2. The maximum atomic E-state index is 12.7. The van der Waals surface area contributed by atoms with E-state index < -0.39 is 0 Å². The third-order valence-corrected chi connectivity index (χ3v) is 6.82. The summed E-state index contributed by atoms with van der Waals surface area (Å²) in [7, 11) is 1.78. The first-order chi connectivity index (χ1) is 12.6. The number of aryl methyl sites for hydroxylation is 1. The van der Waals surface area contributed by atoms with Gasteiger partial charge in [-0.3, -0.25) is 14.5 Å². The van der Waals surface area contributed by atoms with Crippen molar-refractivity contribution >= 4 is 5.91 Å². The predicted molar refractivity (Wildman–Crippen MR) is 102 cm³/mol. The number of hydrogen-bond acceptors (Lipinski definition) is 3. The number of carbonyl (C=O) groups excluding carboxylic acids is 1. The molecule has 2 atom stereocenters. The van der Waals surface area contributed by atoms with Crippen molar-refractivity contribution in [3.05, 3.63) is 34.2 Å². The molecule has 3 aliphatic rings. The zero-order valence-corrected chi connectivity index (χ0v) is 15.9. The van der Waals surface area contributed by atoms with Gasteiger partial charge in [-0.25, -0.2) is 0 Å². The monoisotopic (exact) mass is 357 g/mol.